The number of ether oxygens (including phenoxy) is 2. The van der Waals surface area contributed by atoms with E-state index in [4.69, 9.17) is 9.47 Å². The lowest BCUT2D eigenvalue weighted by atomic mass is 9.80. The molecule has 3 aromatic rings. The van der Waals surface area contributed by atoms with Gasteiger partial charge in [0.25, 0.3) is 0 Å². The maximum Gasteiger partial charge on any atom is 0.198 e. The summed E-state index contributed by atoms with van der Waals surface area (Å²) in [4.78, 5) is 19.5. The minimum atomic E-state index is -1.46. The Balaban J connectivity index is 1.34. The summed E-state index contributed by atoms with van der Waals surface area (Å²) >= 11 is 0. The van der Waals surface area contributed by atoms with Crippen molar-refractivity contribution in [1.29, 1.82) is 0 Å². The molecule has 8 heteroatoms. The molecule has 0 bridgehead atoms. The number of carbonyl (C=O) groups is 1. The molecular formula is C24H23F3N2O3. The van der Waals surface area contributed by atoms with Crippen LogP contribution in [0.2, 0.25) is 0 Å². The summed E-state index contributed by atoms with van der Waals surface area (Å²) in [6.07, 6.45) is 6.54. The van der Waals surface area contributed by atoms with E-state index in [9.17, 15) is 18.0 Å². The van der Waals surface area contributed by atoms with Gasteiger partial charge in [-0.2, -0.15) is 0 Å². The van der Waals surface area contributed by atoms with Crippen LogP contribution in [0.15, 0.2) is 30.6 Å². The van der Waals surface area contributed by atoms with E-state index in [1.165, 1.54) is 6.20 Å². The number of fused-ring (bicyclic) bond motifs is 1. The van der Waals surface area contributed by atoms with Crippen LogP contribution < -0.4 is 4.74 Å². The molecule has 0 unspecified atom stereocenters. The Kier molecular flexibility index (Phi) is 5.41. The summed E-state index contributed by atoms with van der Waals surface area (Å²) in [5, 5.41) is 0.732. The lowest BCUT2D eigenvalue weighted by Gasteiger charge is -2.33. The highest BCUT2D eigenvalue weighted by atomic mass is 19.1. The minimum absolute atomic E-state index is 0.00617. The Hall–Kier alpha value is -2.87. The molecule has 1 aliphatic heterocycles. The maximum atomic E-state index is 14.8. The minimum Gasteiger partial charge on any atom is -0.450 e. The second-order valence-corrected chi connectivity index (χ2v) is 8.75. The zero-order valence-corrected chi connectivity index (χ0v) is 17.4. The molecule has 1 aliphatic carbocycles. The van der Waals surface area contributed by atoms with Crippen LogP contribution in [0.25, 0.3) is 11.0 Å². The number of halogens is 3. The van der Waals surface area contributed by atoms with Crippen molar-refractivity contribution in [2.45, 2.75) is 50.1 Å². The third kappa shape index (κ3) is 3.99. The van der Waals surface area contributed by atoms with Crippen molar-refractivity contribution in [1.82, 2.24) is 9.97 Å². The molecule has 5 nitrogen and oxygen atoms in total. The number of Topliss-reactive ketones (excluding diaryl/α,β-unsaturated/α-hetero) is 1. The Morgan fingerprint density at radius 1 is 1.25 bits per heavy atom. The van der Waals surface area contributed by atoms with Gasteiger partial charge in [0.05, 0.1) is 18.6 Å². The molecule has 2 aliphatic rings. The third-order valence-electron chi connectivity index (χ3n) is 6.36. The fraction of sp³-hybridized carbons (Fsp3) is 0.417. The zero-order chi connectivity index (χ0) is 22.3. The van der Waals surface area contributed by atoms with Crippen LogP contribution in [0.5, 0.6) is 11.5 Å². The highest BCUT2D eigenvalue weighted by Crippen LogP contribution is 2.43. The lowest BCUT2D eigenvalue weighted by Crippen LogP contribution is -2.45. The fourth-order valence-corrected chi connectivity index (χ4v) is 4.25. The standard InChI is InChI=1S/C24H23F3N2O3/c25-18-9-14(8-16(30)4-6-24(27)12-31-13-24)10-19(26)22(18)32-20-5-7-28-23-21(20)17(11-29-23)15-2-1-3-15/h5,7,9-11,15H,1-4,6,8,12-13H2,(H,28,29). The first-order valence-electron chi connectivity index (χ1n) is 10.8. The van der Waals surface area contributed by atoms with E-state index < -0.39 is 23.1 Å². The van der Waals surface area contributed by atoms with Gasteiger partial charge in [-0.3, -0.25) is 4.79 Å². The molecule has 0 amide bonds. The van der Waals surface area contributed by atoms with E-state index >= 15 is 0 Å². The molecule has 2 fully saturated rings. The van der Waals surface area contributed by atoms with Crippen molar-refractivity contribution in [3.8, 4) is 11.5 Å². The third-order valence-corrected chi connectivity index (χ3v) is 6.36. The Morgan fingerprint density at radius 2 is 2.00 bits per heavy atom. The molecule has 32 heavy (non-hydrogen) atoms. The topological polar surface area (TPSA) is 64.2 Å². The van der Waals surface area contributed by atoms with Gasteiger partial charge in [0, 0.05) is 25.2 Å². The van der Waals surface area contributed by atoms with E-state index in [0.29, 0.717) is 17.3 Å². The average Bonchev–Trinajstić information content (AvgIpc) is 3.11. The van der Waals surface area contributed by atoms with Crippen molar-refractivity contribution < 1.29 is 27.4 Å². The molecule has 1 aromatic carbocycles. The van der Waals surface area contributed by atoms with E-state index in [0.717, 1.165) is 42.3 Å². The first kappa shape index (κ1) is 21.0. The summed E-state index contributed by atoms with van der Waals surface area (Å²) in [5.74, 6) is -1.89. The van der Waals surface area contributed by atoms with E-state index in [1.807, 2.05) is 6.20 Å². The Morgan fingerprint density at radius 3 is 2.62 bits per heavy atom. The number of nitrogens with one attached hydrogen (secondary N) is 1. The highest BCUT2D eigenvalue weighted by Gasteiger charge is 2.38. The molecule has 0 atom stereocenters. The maximum absolute atomic E-state index is 14.8. The lowest BCUT2D eigenvalue weighted by molar-refractivity contribution is -0.139. The van der Waals surface area contributed by atoms with Crippen LogP contribution in [0.4, 0.5) is 13.2 Å². The molecular weight excluding hydrogens is 421 g/mol. The Bertz CT molecular complexity index is 1150. The van der Waals surface area contributed by atoms with Gasteiger partial charge in [-0.1, -0.05) is 6.42 Å². The van der Waals surface area contributed by atoms with Gasteiger partial charge in [0.1, 0.15) is 17.2 Å². The van der Waals surface area contributed by atoms with Crippen molar-refractivity contribution in [2.75, 3.05) is 13.2 Å². The molecule has 2 aromatic heterocycles. The predicted octanol–water partition coefficient (Wildman–Crippen LogP) is 5.53. The van der Waals surface area contributed by atoms with Gasteiger partial charge < -0.3 is 14.5 Å². The molecule has 168 valence electrons. The number of benzene rings is 1. The number of rotatable bonds is 8. The Labute approximate surface area is 182 Å². The number of carbonyl (C=O) groups excluding carboxylic acids is 1. The first-order chi connectivity index (χ1) is 15.4. The zero-order valence-electron chi connectivity index (χ0n) is 17.4. The largest absolute Gasteiger partial charge is 0.450 e. The second kappa shape index (κ2) is 8.24. The molecule has 5 rings (SSSR count). The molecule has 1 saturated heterocycles. The summed E-state index contributed by atoms with van der Waals surface area (Å²) in [6.45, 7) is -0.0249. The monoisotopic (exact) mass is 444 g/mol. The van der Waals surface area contributed by atoms with Crippen molar-refractivity contribution >= 4 is 16.8 Å². The number of H-pyrrole nitrogens is 1. The summed E-state index contributed by atoms with van der Waals surface area (Å²) in [7, 11) is 0. The van der Waals surface area contributed by atoms with Crippen molar-refractivity contribution in [3.63, 3.8) is 0 Å². The summed E-state index contributed by atoms with van der Waals surface area (Å²) in [5.41, 5.74) is 0.373. The van der Waals surface area contributed by atoms with Crippen LogP contribution in [-0.2, 0) is 16.0 Å². The SMILES string of the molecule is O=C(CCC1(F)COC1)Cc1cc(F)c(Oc2ccnc3[nH]cc(C4CCC4)c23)c(F)c1. The van der Waals surface area contributed by atoms with Crippen LogP contribution >= 0.6 is 0 Å². The number of pyridine rings is 1. The van der Waals surface area contributed by atoms with Gasteiger partial charge in [-0.25, -0.2) is 18.2 Å². The van der Waals surface area contributed by atoms with Gasteiger partial charge >= 0.3 is 0 Å². The van der Waals surface area contributed by atoms with Crippen LogP contribution in [0, 0.1) is 11.6 Å². The number of aromatic nitrogens is 2. The number of aromatic amines is 1. The highest BCUT2D eigenvalue weighted by molar-refractivity contribution is 5.87. The number of hydrogen-bond donors (Lipinski definition) is 1. The quantitative estimate of drug-likeness (QED) is 0.496. The predicted molar refractivity (Wildman–Crippen MR) is 112 cm³/mol. The number of hydrogen-bond acceptors (Lipinski definition) is 4. The molecule has 1 N–H and O–H groups in total. The van der Waals surface area contributed by atoms with E-state index in [-0.39, 0.29) is 43.8 Å². The molecule has 3 heterocycles. The molecule has 0 radical (unpaired) electrons. The van der Waals surface area contributed by atoms with Crippen LogP contribution in [0.3, 0.4) is 0 Å². The summed E-state index contributed by atoms with van der Waals surface area (Å²) < 4.78 is 54.0. The van der Waals surface area contributed by atoms with Crippen molar-refractivity contribution in [3.05, 3.63) is 53.4 Å². The smallest absolute Gasteiger partial charge is 0.198 e. The van der Waals surface area contributed by atoms with Crippen LogP contribution in [-0.4, -0.2) is 34.6 Å². The van der Waals surface area contributed by atoms with Crippen molar-refractivity contribution in [2.24, 2.45) is 0 Å². The van der Waals surface area contributed by atoms with Gasteiger partial charge in [-0.05, 0) is 54.5 Å². The fourth-order valence-electron chi connectivity index (χ4n) is 4.25. The van der Waals surface area contributed by atoms with E-state index in [2.05, 4.69) is 9.97 Å². The molecule has 0 spiro atoms. The first-order valence-corrected chi connectivity index (χ1v) is 10.8. The second-order valence-electron chi connectivity index (χ2n) is 8.75. The number of nitrogens with zero attached hydrogens (tertiary/aromatic N) is 1. The summed E-state index contributed by atoms with van der Waals surface area (Å²) in [6, 6.07) is 3.78. The van der Waals surface area contributed by atoms with E-state index in [1.54, 1.807) is 6.07 Å². The number of alkyl halides is 1. The average molecular weight is 444 g/mol. The van der Waals surface area contributed by atoms with Gasteiger partial charge in [-0.15, -0.1) is 0 Å². The molecule has 1 saturated carbocycles. The van der Waals surface area contributed by atoms with Gasteiger partial charge in [0.2, 0.25) is 0 Å². The van der Waals surface area contributed by atoms with Gasteiger partial charge in [0.15, 0.2) is 23.1 Å². The van der Waals surface area contributed by atoms with Crippen LogP contribution in [0.1, 0.15) is 49.1 Å². The normalized spacial score (nSPS) is 17.7. The number of ketones is 1.